The lowest BCUT2D eigenvalue weighted by molar-refractivity contribution is -0.165. The number of esters is 2. The van der Waals surface area contributed by atoms with Gasteiger partial charge in [0.1, 0.15) is 19.3 Å². The van der Waals surface area contributed by atoms with Crippen LogP contribution in [0.5, 0.6) is 0 Å². The van der Waals surface area contributed by atoms with Crippen LogP contribution in [0.25, 0.3) is 0 Å². The predicted molar refractivity (Wildman–Crippen MR) is 138 cm³/mol. The lowest BCUT2D eigenvalue weighted by Gasteiger charge is -2.36. The smallest absolute Gasteiger partial charge is 0.333 e. The summed E-state index contributed by atoms with van der Waals surface area (Å²) in [7, 11) is 0. The van der Waals surface area contributed by atoms with E-state index in [1.54, 1.807) is 20.8 Å². The minimum Gasteiger partial charge on any atom is -0.481 e. The summed E-state index contributed by atoms with van der Waals surface area (Å²) in [6.45, 7) is 14.9. The molecule has 8 heteroatoms. The quantitative estimate of drug-likeness (QED) is 0.151. The van der Waals surface area contributed by atoms with E-state index in [0.29, 0.717) is 18.8 Å². The number of aliphatic hydroxyl groups excluding tert-OH is 1. The molecule has 0 spiro atoms. The number of nitriles is 1. The standard InChI is InChI=1S/C28H43NO7/c1-8-21(5)13-11-10-12-14-22(16-29)15-28(7,25(32)33)19-27(6,9-2)26(34)36-18-23(30)17-35-24(31)20(3)4/h8,10,12,21-23,30H,1,3,9,11,13-15,17-19H2,2,4-7H3,(H,32,33)/b12-10+. The molecule has 0 fully saturated rings. The van der Waals surface area contributed by atoms with Crippen molar-refractivity contribution in [3.8, 4) is 6.07 Å². The molecule has 0 aromatic rings. The average Bonchev–Trinajstić information content (AvgIpc) is 2.83. The molecule has 5 unspecified atom stereocenters. The van der Waals surface area contributed by atoms with Crippen LogP contribution in [0, 0.1) is 34.0 Å². The summed E-state index contributed by atoms with van der Waals surface area (Å²) in [6.07, 6.45) is 7.12. The molecule has 202 valence electrons. The minimum atomic E-state index is -1.34. The van der Waals surface area contributed by atoms with Gasteiger partial charge in [-0.15, -0.1) is 6.58 Å². The van der Waals surface area contributed by atoms with Gasteiger partial charge in [0, 0.05) is 5.57 Å². The number of nitrogens with zero attached hydrogens (tertiary/aromatic N) is 1. The first-order chi connectivity index (χ1) is 16.7. The molecular formula is C28H43NO7. The lowest BCUT2D eigenvalue weighted by Crippen LogP contribution is -2.41. The van der Waals surface area contributed by atoms with Crippen molar-refractivity contribution in [1.82, 2.24) is 0 Å². The van der Waals surface area contributed by atoms with Gasteiger partial charge in [0.25, 0.3) is 0 Å². The summed E-state index contributed by atoms with van der Waals surface area (Å²) in [5.74, 6) is -2.54. The van der Waals surface area contributed by atoms with Crippen molar-refractivity contribution in [3.05, 3.63) is 37.0 Å². The summed E-state index contributed by atoms with van der Waals surface area (Å²) >= 11 is 0. The number of carboxylic acids is 1. The number of ether oxygens (including phenoxy) is 2. The number of hydrogen-bond donors (Lipinski definition) is 2. The van der Waals surface area contributed by atoms with Gasteiger partial charge in [-0.3, -0.25) is 9.59 Å². The number of aliphatic carboxylic acids is 1. The van der Waals surface area contributed by atoms with Crippen molar-refractivity contribution in [1.29, 1.82) is 5.26 Å². The van der Waals surface area contributed by atoms with Gasteiger partial charge in [0.05, 0.1) is 22.8 Å². The molecule has 0 heterocycles. The molecule has 0 bridgehead atoms. The number of carbonyl (C=O) groups is 3. The highest BCUT2D eigenvalue weighted by atomic mass is 16.6. The Morgan fingerprint density at radius 1 is 1.14 bits per heavy atom. The Bertz CT molecular complexity index is 843. The first-order valence-corrected chi connectivity index (χ1v) is 12.3. The van der Waals surface area contributed by atoms with Gasteiger partial charge in [-0.1, -0.05) is 38.7 Å². The fourth-order valence-corrected chi connectivity index (χ4v) is 3.71. The zero-order chi connectivity index (χ0) is 27.9. The molecule has 36 heavy (non-hydrogen) atoms. The third kappa shape index (κ3) is 11.7. The van der Waals surface area contributed by atoms with Gasteiger partial charge in [-0.2, -0.15) is 5.26 Å². The van der Waals surface area contributed by atoms with Crippen LogP contribution in [0.4, 0.5) is 0 Å². The molecule has 0 rings (SSSR count). The van der Waals surface area contributed by atoms with E-state index in [4.69, 9.17) is 9.47 Å². The first-order valence-electron chi connectivity index (χ1n) is 12.3. The van der Waals surface area contributed by atoms with Crippen LogP contribution >= 0.6 is 0 Å². The summed E-state index contributed by atoms with van der Waals surface area (Å²) in [4.78, 5) is 36.6. The third-order valence-corrected chi connectivity index (χ3v) is 6.39. The van der Waals surface area contributed by atoms with Crippen LogP contribution < -0.4 is 0 Å². The van der Waals surface area contributed by atoms with E-state index in [9.17, 15) is 29.9 Å². The predicted octanol–water partition coefficient (Wildman–Crippen LogP) is 4.99. The maximum Gasteiger partial charge on any atom is 0.333 e. The molecule has 5 atom stereocenters. The number of carboxylic acid groups (broad SMARTS) is 1. The van der Waals surface area contributed by atoms with Crippen LogP contribution in [0.15, 0.2) is 37.0 Å². The Hall–Kier alpha value is -2.92. The van der Waals surface area contributed by atoms with E-state index in [1.165, 1.54) is 6.92 Å². The minimum absolute atomic E-state index is 0.0375. The zero-order valence-corrected chi connectivity index (χ0v) is 22.4. The molecule has 0 saturated carbocycles. The van der Waals surface area contributed by atoms with E-state index in [1.807, 2.05) is 18.2 Å². The van der Waals surface area contributed by atoms with Crippen molar-refractivity contribution in [2.45, 2.75) is 79.2 Å². The summed E-state index contributed by atoms with van der Waals surface area (Å²) < 4.78 is 10.1. The highest BCUT2D eigenvalue weighted by molar-refractivity contribution is 5.86. The second-order valence-corrected chi connectivity index (χ2v) is 10.1. The first kappa shape index (κ1) is 33.1. The number of allylic oxidation sites excluding steroid dienone is 3. The number of carbonyl (C=O) groups excluding carboxylic acids is 2. The van der Waals surface area contributed by atoms with Gasteiger partial charge in [0.15, 0.2) is 0 Å². The molecule has 0 amide bonds. The SMILES string of the molecule is C=CC(C)CC/C=C/CC(C#N)CC(C)(CC(C)(CC)C(=O)OCC(O)COC(=O)C(=C)C)C(=O)O. The Morgan fingerprint density at radius 2 is 1.75 bits per heavy atom. The molecule has 0 aromatic carbocycles. The van der Waals surface area contributed by atoms with E-state index < -0.39 is 47.4 Å². The Morgan fingerprint density at radius 3 is 2.25 bits per heavy atom. The van der Waals surface area contributed by atoms with E-state index in [2.05, 4.69) is 26.2 Å². The normalized spacial score (nSPS) is 17.0. The number of aliphatic hydroxyl groups is 1. The van der Waals surface area contributed by atoms with Crippen molar-refractivity contribution in [2.24, 2.45) is 22.7 Å². The van der Waals surface area contributed by atoms with Gasteiger partial charge in [-0.05, 0) is 65.2 Å². The van der Waals surface area contributed by atoms with Gasteiger partial charge < -0.3 is 19.7 Å². The number of rotatable bonds is 18. The van der Waals surface area contributed by atoms with Crippen LogP contribution in [0.1, 0.15) is 73.1 Å². The monoisotopic (exact) mass is 505 g/mol. The maximum absolute atomic E-state index is 12.9. The molecule has 8 nitrogen and oxygen atoms in total. The van der Waals surface area contributed by atoms with Crippen LogP contribution in [0.2, 0.25) is 0 Å². The van der Waals surface area contributed by atoms with Gasteiger partial charge in [0.2, 0.25) is 0 Å². The Balaban J connectivity index is 5.19. The summed E-state index contributed by atoms with van der Waals surface area (Å²) in [5, 5.41) is 29.6. The second kappa shape index (κ2) is 15.9. The second-order valence-electron chi connectivity index (χ2n) is 10.1. The molecule has 0 aliphatic carbocycles. The lowest BCUT2D eigenvalue weighted by atomic mass is 9.67. The van der Waals surface area contributed by atoms with E-state index in [0.717, 1.165) is 12.8 Å². The van der Waals surface area contributed by atoms with Crippen molar-refractivity contribution in [3.63, 3.8) is 0 Å². The molecule has 0 aromatic heterocycles. The van der Waals surface area contributed by atoms with Crippen molar-refractivity contribution < 1.29 is 34.1 Å². The van der Waals surface area contributed by atoms with Crippen LogP contribution in [-0.4, -0.2) is 47.4 Å². The van der Waals surface area contributed by atoms with Gasteiger partial charge in [-0.25, -0.2) is 4.79 Å². The highest BCUT2D eigenvalue weighted by Gasteiger charge is 2.46. The largest absolute Gasteiger partial charge is 0.481 e. The van der Waals surface area contributed by atoms with E-state index in [-0.39, 0.29) is 25.0 Å². The highest BCUT2D eigenvalue weighted by Crippen LogP contribution is 2.42. The average molecular weight is 506 g/mol. The van der Waals surface area contributed by atoms with Gasteiger partial charge >= 0.3 is 17.9 Å². The van der Waals surface area contributed by atoms with Crippen molar-refractivity contribution in [2.75, 3.05) is 13.2 Å². The van der Waals surface area contributed by atoms with Crippen LogP contribution in [-0.2, 0) is 23.9 Å². The molecule has 0 saturated heterocycles. The van der Waals surface area contributed by atoms with E-state index >= 15 is 0 Å². The summed E-state index contributed by atoms with van der Waals surface area (Å²) in [5.41, 5.74) is -2.32. The Kier molecular flexibility index (Phi) is 14.7. The number of hydrogen-bond acceptors (Lipinski definition) is 7. The molecule has 0 aliphatic heterocycles. The fourth-order valence-electron chi connectivity index (χ4n) is 3.71. The molecular weight excluding hydrogens is 462 g/mol. The molecule has 0 radical (unpaired) electrons. The topological polar surface area (TPSA) is 134 Å². The maximum atomic E-state index is 12.9. The molecule has 2 N–H and O–H groups in total. The summed E-state index contributed by atoms with van der Waals surface area (Å²) in [6, 6.07) is 2.20. The zero-order valence-electron chi connectivity index (χ0n) is 22.4. The third-order valence-electron chi connectivity index (χ3n) is 6.39. The van der Waals surface area contributed by atoms with Crippen molar-refractivity contribution >= 4 is 17.9 Å². The fraction of sp³-hybridized carbons (Fsp3) is 0.643. The van der Waals surface area contributed by atoms with Crippen LogP contribution in [0.3, 0.4) is 0 Å². The molecule has 0 aliphatic rings. The Labute approximate surface area is 215 Å².